The van der Waals surface area contributed by atoms with Crippen molar-refractivity contribution in [1.29, 1.82) is 0 Å². The number of aliphatic carboxylic acids is 1. The van der Waals surface area contributed by atoms with E-state index in [1.807, 2.05) is 85.8 Å². The van der Waals surface area contributed by atoms with Crippen LogP contribution in [0.5, 0.6) is 0 Å². The van der Waals surface area contributed by atoms with Crippen LogP contribution in [0.25, 0.3) is 16.8 Å². The van der Waals surface area contributed by atoms with Crippen LogP contribution in [0, 0.1) is 6.92 Å². The summed E-state index contributed by atoms with van der Waals surface area (Å²) in [4.78, 5) is 24.2. The van der Waals surface area contributed by atoms with Crippen molar-refractivity contribution in [1.82, 2.24) is 15.0 Å². The summed E-state index contributed by atoms with van der Waals surface area (Å²) < 4.78 is 7.09. The molecule has 4 aromatic rings. The number of carboxylic acids is 1. The van der Waals surface area contributed by atoms with E-state index in [0.717, 1.165) is 27.9 Å². The summed E-state index contributed by atoms with van der Waals surface area (Å²) in [6.45, 7) is 3.58. The Labute approximate surface area is 208 Å². The molecular weight excluding hydrogens is 456 g/mol. The first-order valence-corrected chi connectivity index (χ1v) is 11.8. The Bertz CT molecular complexity index is 1390. The zero-order valence-corrected chi connectivity index (χ0v) is 20.0. The van der Waals surface area contributed by atoms with Gasteiger partial charge < -0.3 is 9.84 Å². The maximum absolute atomic E-state index is 12.6. The van der Waals surface area contributed by atoms with Crippen molar-refractivity contribution in [3.8, 4) is 16.8 Å². The van der Waals surface area contributed by atoms with E-state index < -0.39 is 23.6 Å². The molecule has 0 bridgehead atoms. The van der Waals surface area contributed by atoms with Gasteiger partial charge in [-0.05, 0) is 61.1 Å². The number of carbonyl (C=O) groups excluding carboxylic acids is 1. The predicted octanol–water partition coefficient (Wildman–Crippen LogP) is 5.67. The lowest BCUT2D eigenvalue weighted by Gasteiger charge is -2.15. The van der Waals surface area contributed by atoms with Gasteiger partial charge in [0.25, 0.3) is 0 Å². The van der Waals surface area contributed by atoms with Gasteiger partial charge in [0.15, 0.2) is 5.82 Å². The zero-order valence-electron chi connectivity index (χ0n) is 20.0. The number of aromatic nitrogens is 3. The number of benzene rings is 3. The third kappa shape index (κ3) is 4.45. The number of amides is 1. The van der Waals surface area contributed by atoms with E-state index in [2.05, 4.69) is 15.6 Å². The van der Waals surface area contributed by atoms with Crippen molar-refractivity contribution in [3.63, 3.8) is 0 Å². The molecule has 1 fully saturated rings. The number of ether oxygens (including phenoxy) is 1. The number of rotatable bonds is 7. The molecule has 0 saturated heterocycles. The largest absolute Gasteiger partial charge is 0.481 e. The number of carbonyl (C=O) groups is 2. The van der Waals surface area contributed by atoms with E-state index in [1.54, 1.807) is 11.6 Å². The van der Waals surface area contributed by atoms with Crippen molar-refractivity contribution in [2.24, 2.45) is 0 Å². The van der Waals surface area contributed by atoms with E-state index in [1.165, 1.54) is 0 Å². The van der Waals surface area contributed by atoms with Crippen LogP contribution in [0.15, 0.2) is 78.9 Å². The Morgan fingerprint density at radius 3 is 2.17 bits per heavy atom. The first-order chi connectivity index (χ1) is 17.4. The molecule has 36 heavy (non-hydrogen) atoms. The molecule has 182 valence electrons. The Morgan fingerprint density at radius 1 is 0.972 bits per heavy atom. The average Bonchev–Trinajstić information content (AvgIpc) is 3.64. The molecule has 0 spiro atoms. The highest BCUT2D eigenvalue weighted by molar-refractivity contribution is 5.85. The molecule has 0 radical (unpaired) electrons. The molecular formula is C28H26N4O4. The molecule has 1 aliphatic carbocycles. The minimum absolute atomic E-state index is 0.410. The fraction of sp³-hybridized carbons (Fsp3) is 0.214. The normalized spacial score (nSPS) is 14.6. The molecule has 1 aromatic heterocycles. The minimum atomic E-state index is -0.759. The number of aryl methyl sites for hydroxylation is 1. The van der Waals surface area contributed by atoms with Crippen molar-refractivity contribution in [2.45, 2.75) is 38.2 Å². The second-order valence-corrected chi connectivity index (χ2v) is 9.03. The van der Waals surface area contributed by atoms with Gasteiger partial charge in [0.2, 0.25) is 0 Å². The molecule has 2 N–H and O–H groups in total. The highest BCUT2D eigenvalue weighted by Crippen LogP contribution is 2.48. The van der Waals surface area contributed by atoms with Crippen LogP contribution in [0.4, 0.5) is 10.6 Å². The summed E-state index contributed by atoms with van der Waals surface area (Å²) in [5.74, 6) is -0.327. The van der Waals surface area contributed by atoms with Crippen molar-refractivity contribution >= 4 is 17.9 Å². The maximum atomic E-state index is 12.6. The molecule has 3 aromatic carbocycles. The molecule has 0 aliphatic heterocycles. The van der Waals surface area contributed by atoms with Crippen LogP contribution in [0.1, 0.15) is 42.7 Å². The van der Waals surface area contributed by atoms with Gasteiger partial charge in [-0.25, -0.2) is 4.79 Å². The third-order valence-corrected chi connectivity index (χ3v) is 6.65. The van der Waals surface area contributed by atoms with E-state index in [9.17, 15) is 14.7 Å². The quantitative estimate of drug-likeness (QED) is 0.352. The van der Waals surface area contributed by atoms with Crippen LogP contribution < -0.4 is 5.32 Å². The second-order valence-electron chi connectivity index (χ2n) is 9.03. The first-order valence-electron chi connectivity index (χ1n) is 11.8. The van der Waals surface area contributed by atoms with Crippen molar-refractivity contribution < 1.29 is 19.4 Å². The minimum Gasteiger partial charge on any atom is -0.481 e. The van der Waals surface area contributed by atoms with Gasteiger partial charge in [-0.3, -0.25) is 10.1 Å². The van der Waals surface area contributed by atoms with Crippen LogP contribution in [0.3, 0.4) is 0 Å². The highest BCUT2D eigenvalue weighted by Gasteiger charge is 2.51. The number of nitrogens with one attached hydrogen (secondary N) is 1. The van der Waals surface area contributed by atoms with Gasteiger partial charge in [0, 0.05) is 0 Å². The lowest BCUT2D eigenvalue weighted by atomic mass is 9.94. The van der Waals surface area contributed by atoms with Gasteiger partial charge in [-0.1, -0.05) is 71.9 Å². The first kappa shape index (κ1) is 23.3. The number of hydrogen-bond donors (Lipinski definition) is 2. The molecule has 1 saturated carbocycles. The van der Waals surface area contributed by atoms with Crippen LogP contribution >= 0.6 is 0 Å². The fourth-order valence-corrected chi connectivity index (χ4v) is 4.29. The molecule has 5 rings (SSSR count). The molecule has 1 aliphatic rings. The fourth-order valence-electron chi connectivity index (χ4n) is 4.29. The van der Waals surface area contributed by atoms with Gasteiger partial charge in [0.05, 0.1) is 11.1 Å². The maximum Gasteiger partial charge on any atom is 0.413 e. The number of hydrogen-bond acceptors (Lipinski definition) is 5. The van der Waals surface area contributed by atoms with Gasteiger partial charge >= 0.3 is 12.1 Å². The van der Waals surface area contributed by atoms with E-state index in [-0.39, 0.29) is 0 Å². The molecule has 8 nitrogen and oxygen atoms in total. The van der Waals surface area contributed by atoms with E-state index in [4.69, 9.17) is 4.74 Å². The topological polar surface area (TPSA) is 106 Å². The Kier molecular flexibility index (Phi) is 6.01. The van der Waals surface area contributed by atoms with Crippen LogP contribution in [0.2, 0.25) is 0 Å². The second kappa shape index (κ2) is 9.30. The Morgan fingerprint density at radius 2 is 1.58 bits per heavy atom. The average molecular weight is 483 g/mol. The summed E-state index contributed by atoms with van der Waals surface area (Å²) in [5, 5.41) is 20.6. The standard InChI is InChI=1S/C28H26N4O4/c1-18-25(29-27(35)36-19(2)20-6-4-3-5-7-20)32(31-30-18)24-14-10-22(11-15-24)21-8-12-23(13-9-21)28(16-17-28)26(33)34/h3-15,19H,16-17H2,1-2H3,(H,29,35)(H,33,34). The molecule has 8 heteroatoms. The third-order valence-electron chi connectivity index (χ3n) is 6.65. The zero-order chi connectivity index (χ0) is 25.3. The number of anilines is 1. The van der Waals surface area contributed by atoms with Gasteiger partial charge in [-0.15, -0.1) is 5.10 Å². The monoisotopic (exact) mass is 482 g/mol. The number of carboxylic acid groups (broad SMARTS) is 1. The Balaban J connectivity index is 1.30. The van der Waals surface area contributed by atoms with Crippen LogP contribution in [-0.4, -0.2) is 32.2 Å². The lowest BCUT2D eigenvalue weighted by molar-refractivity contribution is -0.140. The summed E-state index contributed by atoms with van der Waals surface area (Å²) in [5.41, 5.74) is 4.28. The van der Waals surface area contributed by atoms with E-state index in [0.29, 0.717) is 24.4 Å². The van der Waals surface area contributed by atoms with E-state index >= 15 is 0 Å². The molecule has 1 heterocycles. The molecule has 1 atom stereocenters. The lowest BCUT2D eigenvalue weighted by Crippen LogP contribution is -2.19. The highest BCUT2D eigenvalue weighted by atomic mass is 16.6. The smallest absolute Gasteiger partial charge is 0.413 e. The van der Waals surface area contributed by atoms with Crippen molar-refractivity contribution in [3.05, 3.63) is 95.7 Å². The number of nitrogens with zero attached hydrogens (tertiary/aromatic N) is 3. The summed E-state index contributed by atoms with van der Waals surface area (Å²) >= 11 is 0. The predicted molar refractivity (Wildman–Crippen MR) is 135 cm³/mol. The summed E-state index contributed by atoms with van der Waals surface area (Å²) in [7, 11) is 0. The van der Waals surface area contributed by atoms with Crippen LogP contribution in [-0.2, 0) is 14.9 Å². The molecule has 1 amide bonds. The summed E-state index contributed by atoms with van der Waals surface area (Å²) in [6, 6.07) is 24.9. The van der Waals surface area contributed by atoms with Gasteiger partial charge in [0.1, 0.15) is 11.8 Å². The Hall–Kier alpha value is -4.46. The summed E-state index contributed by atoms with van der Waals surface area (Å²) in [6.07, 6.45) is 0.363. The molecule has 1 unspecified atom stereocenters. The van der Waals surface area contributed by atoms with Gasteiger partial charge in [-0.2, -0.15) is 4.68 Å². The van der Waals surface area contributed by atoms with Crippen molar-refractivity contribution in [2.75, 3.05) is 5.32 Å². The SMILES string of the molecule is Cc1nnn(-c2ccc(-c3ccc(C4(C(=O)O)CC4)cc3)cc2)c1NC(=O)OC(C)c1ccccc1.